The zero-order chi connectivity index (χ0) is 29.8. The van der Waals surface area contributed by atoms with Crippen molar-refractivity contribution in [2.45, 2.75) is 32.7 Å². The Hall–Kier alpha value is -4.70. The van der Waals surface area contributed by atoms with Gasteiger partial charge in [0.15, 0.2) is 11.6 Å². The normalized spacial score (nSPS) is 12.6. The predicted molar refractivity (Wildman–Crippen MR) is 144 cm³/mol. The van der Waals surface area contributed by atoms with E-state index in [4.69, 9.17) is 5.11 Å². The Kier molecular flexibility index (Phi) is 8.73. The first kappa shape index (κ1) is 29.3. The van der Waals surface area contributed by atoms with Crippen molar-refractivity contribution in [2.24, 2.45) is 0 Å². The molecular formula is C28H26F4N6O3. The molecule has 3 N–H and O–H groups in total. The molecule has 1 aliphatic heterocycles. The smallest absolute Gasteiger partial charge is 0.335 e. The second kappa shape index (κ2) is 12.2. The fourth-order valence-corrected chi connectivity index (χ4v) is 4.56. The zero-order valence-electron chi connectivity index (χ0n) is 22.1. The van der Waals surface area contributed by atoms with Crippen LogP contribution in [0.1, 0.15) is 32.3 Å². The van der Waals surface area contributed by atoms with Crippen LogP contribution in [0.5, 0.6) is 0 Å². The number of rotatable bonds is 10. The number of halogens is 4. The van der Waals surface area contributed by atoms with Gasteiger partial charge >= 0.3 is 12.0 Å². The van der Waals surface area contributed by atoms with Crippen LogP contribution in [0.4, 0.5) is 45.2 Å². The number of carbonyl (C=O) groups is 2. The first-order chi connectivity index (χ1) is 19.5. The molecule has 13 heteroatoms. The number of nitrogens with zero attached hydrogens (tertiary/aromatic N) is 4. The van der Waals surface area contributed by atoms with E-state index in [2.05, 4.69) is 15.6 Å². The summed E-state index contributed by atoms with van der Waals surface area (Å²) in [4.78, 5) is 30.2. The van der Waals surface area contributed by atoms with Crippen LogP contribution in [0.2, 0.25) is 0 Å². The average Bonchev–Trinajstić information content (AvgIpc) is 3.00. The van der Waals surface area contributed by atoms with Crippen LogP contribution in [0.15, 0.2) is 36.5 Å². The first-order valence-corrected chi connectivity index (χ1v) is 12.7. The summed E-state index contributed by atoms with van der Waals surface area (Å²) in [6.45, 7) is 4.28. The molecule has 4 rings (SSSR count). The number of anilines is 4. The van der Waals surface area contributed by atoms with Crippen molar-refractivity contribution >= 4 is 34.9 Å². The van der Waals surface area contributed by atoms with E-state index >= 15 is 13.2 Å². The maximum Gasteiger partial charge on any atom is 0.335 e. The fraction of sp³-hybridized carbons (Fsp3) is 0.286. The molecule has 0 spiro atoms. The number of hydrogen-bond donors (Lipinski definition) is 3. The Bertz CT molecular complexity index is 1520. The largest absolute Gasteiger partial charge is 0.481 e. The highest BCUT2D eigenvalue weighted by molar-refractivity contribution is 6.15. The molecule has 2 heterocycles. The Morgan fingerprint density at radius 2 is 1.76 bits per heavy atom. The number of pyridine rings is 1. The third kappa shape index (κ3) is 6.07. The predicted octanol–water partition coefficient (Wildman–Crippen LogP) is 5.53. The Labute approximate surface area is 233 Å². The van der Waals surface area contributed by atoms with Crippen LogP contribution in [0, 0.1) is 34.6 Å². The molecule has 0 atom stereocenters. The van der Waals surface area contributed by atoms with Crippen LogP contribution in [-0.4, -0.2) is 47.8 Å². The molecule has 2 aromatic carbocycles. The molecule has 214 valence electrons. The Balaban J connectivity index is 1.76. The summed E-state index contributed by atoms with van der Waals surface area (Å²) in [6, 6.07) is 5.03. The minimum absolute atomic E-state index is 0.0146. The van der Waals surface area contributed by atoms with Crippen molar-refractivity contribution in [2.75, 3.05) is 34.8 Å². The number of urea groups is 1. The molecule has 0 bridgehead atoms. The third-order valence-corrected chi connectivity index (χ3v) is 6.30. The van der Waals surface area contributed by atoms with Gasteiger partial charge < -0.3 is 15.7 Å². The molecule has 9 nitrogen and oxygen atoms in total. The van der Waals surface area contributed by atoms with Crippen LogP contribution in [-0.2, 0) is 4.79 Å². The van der Waals surface area contributed by atoms with E-state index < -0.39 is 47.0 Å². The van der Waals surface area contributed by atoms with Gasteiger partial charge in [-0.05, 0) is 57.1 Å². The third-order valence-electron chi connectivity index (χ3n) is 6.30. The van der Waals surface area contributed by atoms with E-state index in [0.29, 0.717) is 24.4 Å². The van der Waals surface area contributed by atoms with Gasteiger partial charge in [-0.25, -0.2) is 27.3 Å². The minimum Gasteiger partial charge on any atom is -0.481 e. The molecule has 3 aromatic rings. The number of carboxylic acids is 1. The zero-order valence-corrected chi connectivity index (χ0v) is 22.1. The molecule has 0 fully saturated rings. The quantitative estimate of drug-likeness (QED) is 0.217. The number of fused-ring (bicyclic) bond motifs is 3. The number of nitriles is 1. The summed E-state index contributed by atoms with van der Waals surface area (Å²) in [5, 5.41) is 24.0. The number of aliphatic carboxylic acids is 1. The van der Waals surface area contributed by atoms with Crippen molar-refractivity contribution < 1.29 is 32.3 Å². The number of carboxylic acid groups (broad SMARTS) is 1. The van der Waals surface area contributed by atoms with Gasteiger partial charge in [-0.3, -0.25) is 14.6 Å². The van der Waals surface area contributed by atoms with Gasteiger partial charge in [0.2, 0.25) is 0 Å². The SMILES string of the molecule is CC(C)N1C(=O)N(c2c(F)cc(NCCNCCCC(=O)O)cc2F)c2cc(C#N)cc(F)c2-c2cc(F)cnc21. The molecule has 0 aliphatic carbocycles. The van der Waals surface area contributed by atoms with Gasteiger partial charge in [0.25, 0.3) is 0 Å². The summed E-state index contributed by atoms with van der Waals surface area (Å²) < 4.78 is 61.2. The molecule has 0 radical (unpaired) electrons. The van der Waals surface area contributed by atoms with Crippen LogP contribution >= 0.6 is 0 Å². The molecule has 0 saturated heterocycles. The summed E-state index contributed by atoms with van der Waals surface area (Å²) in [5.41, 5.74) is -1.81. The summed E-state index contributed by atoms with van der Waals surface area (Å²) >= 11 is 0. The maximum atomic E-state index is 15.7. The van der Waals surface area contributed by atoms with Crippen LogP contribution in [0.25, 0.3) is 11.1 Å². The van der Waals surface area contributed by atoms with Crippen molar-refractivity contribution in [3.05, 3.63) is 65.4 Å². The van der Waals surface area contributed by atoms with Gasteiger partial charge in [0.1, 0.15) is 23.1 Å². The second-order valence-corrected chi connectivity index (χ2v) is 9.53. The Morgan fingerprint density at radius 1 is 1.05 bits per heavy atom. The highest BCUT2D eigenvalue weighted by atomic mass is 19.1. The lowest BCUT2D eigenvalue weighted by atomic mass is 10.00. The van der Waals surface area contributed by atoms with Gasteiger partial charge in [0, 0.05) is 42.4 Å². The maximum absolute atomic E-state index is 15.7. The average molecular weight is 571 g/mol. The number of carbonyl (C=O) groups excluding carboxylic acids is 1. The van der Waals surface area contributed by atoms with E-state index in [1.165, 1.54) is 0 Å². The van der Waals surface area contributed by atoms with E-state index in [9.17, 15) is 19.2 Å². The number of nitrogens with one attached hydrogen (secondary N) is 2. The minimum atomic E-state index is -1.15. The highest BCUT2D eigenvalue weighted by Gasteiger charge is 2.39. The molecule has 41 heavy (non-hydrogen) atoms. The summed E-state index contributed by atoms with van der Waals surface area (Å²) in [5.74, 6) is -5.17. The number of hydrogen-bond acceptors (Lipinski definition) is 6. The lowest BCUT2D eigenvalue weighted by molar-refractivity contribution is -0.137. The number of amides is 2. The lowest BCUT2D eigenvalue weighted by Crippen LogP contribution is -2.45. The lowest BCUT2D eigenvalue weighted by Gasteiger charge is -2.31. The molecular weight excluding hydrogens is 544 g/mol. The molecule has 1 aliphatic rings. The highest BCUT2D eigenvalue weighted by Crippen LogP contribution is 2.47. The summed E-state index contributed by atoms with van der Waals surface area (Å²) in [6.07, 6.45) is 1.29. The van der Waals surface area contributed by atoms with Crippen molar-refractivity contribution in [1.82, 2.24) is 10.3 Å². The van der Waals surface area contributed by atoms with Crippen molar-refractivity contribution in [3.8, 4) is 17.2 Å². The monoisotopic (exact) mass is 570 g/mol. The van der Waals surface area contributed by atoms with E-state index in [1.54, 1.807) is 19.9 Å². The van der Waals surface area contributed by atoms with Crippen molar-refractivity contribution in [1.29, 1.82) is 5.26 Å². The first-order valence-electron chi connectivity index (χ1n) is 12.7. The number of benzene rings is 2. The topological polar surface area (TPSA) is 122 Å². The second-order valence-electron chi connectivity index (χ2n) is 9.53. The number of aromatic nitrogens is 1. The van der Waals surface area contributed by atoms with Crippen LogP contribution in [0.3, 0.4) is 0 Å². The Morgan fingerprint density at radius 3 is 2.39 bits per heavy atom. The standard InChI is InChI=1S/C28H26F4N6O3/c1-15(2)37-27-19(10-17(29)14-36-27)25-20(30)8-16(13-33)9-23(25)38(28(37)41)26-21(31)11-18(12-22(26)32)35-7-6-34-5-3-4-24(39)40/h8-12,14-15,34-35H,3-7H2,1-2H3,(H,39,40). The van der Waals surface area contributed by atoms with E-state index in [-0.39, 0.29) is 46.8 Å². The van der Waals surface area contributed by atoms with Crippen LogP contribution < -0.4 is 20.4 Å². The van der Waals surface area contributed by atoms with Gasteiger partial charge in [0.05, 0.1) is 23.5 Å². The molecule has 0 saturated carbocycles. The van der Waals surface area contributed by atoms with E-state index in [1.807, 2.05) is 0 Å². The van der Waals surface area contributed by atoms with Gasteiger partial charge in [-0.1, -0.05) is 0 Å². The van der Waals surface area contributed by atoms with Gasteiger partial charge in [-0.15, -0.1) is 0 Å². The fourth-order valence-electron chi connectivity index (χ4n) is 4.56. The summed E-state index contributed by atoms with van der Waals surface area (Å²) in [7, 11) is 0. The van der Waals surface area contributed by atoms with Gasteiger partial charge in [-0.2, -0.15) is 5.26 Å². The molecule has 1 aromatic heterocycles. The van der Waals surface area contributed by atoms with E-state index in [0.717, 1.165) is 41.4 Å². The molecule has 0 unspecified atom stereocenters. The van der Waals surface area contributed by atoms with Crippen molar-refractivity contribution in [3.63, 3.8) is 0 Å². The molecule has 2 amide bonds.